The minimum atomic E-state index is -0.477. The van der Waals surface area contributed by atoms with Gasteiger partial charge in [-0.25, -0.2) is 0 Å². The number of hydrogen-bond donors (Lipinski definition) is 3. The molecule has 5 nitrogen and oxygen atoms in total. The van der Waals surface area contributed by atoms with Gasteiger partial charge in [0.15, 0.2) is 6.29 Å². The van der Waals surface area contributed by atoms with Gasteiger partial charge in [-0.15, -0.1) is 0 Å². The van der Waals surface area contributed by atoms with Crippen molar-refractivity contribution in [1.82, 2.24) is 0 Å². The Labute approximate surface area is 158 Å². The number of ether oxygens (including phenoxy) is 2. The summed E-state index contributed by atoms with van der Waals surface area (Å²) >= 11 is 1.68. The number of nitrogen functional groups attached to an aromatic ring is 1. The molecule has 0 bridgehead atoms. The molecule has 1 fully saturated rings. The predicted octanol–water partition coefficient (Wildman–Crippen LogP) is 3.03. The smallest absolute Gasteiger partial charge is 0.184 e. The summed E-state index contributed by atoms with van der Waals surface area (Å²) < 4.78 is 12.4. The quantitative estimate of drug-likeness (QED) is 0.510. The van der Waals surface area contributed by atoms with Gasteiger partial charge in [0.25, 0.3) is 0 Å². The summed E-state index contributed by atoms with van der Waals surface area (Å²) in [5, 5.41) is 18.2. The Kier molecular flexibility index (Phi) is 6.93. The Balaban J connectivity index is 1.78. The molecule has 1 aliphatic heterocycles. The van der Waals surface area contributed by atoms with Crippen molar-refractivity contribution in [2.75, 3.05) is 23.8 Å². The van der Waals surface area contributed by atoms with Gasteiger partial charge < -0.3 is 25.4 Å². The van der Waals surface area contributed by atoms with Crippen LogP contribution in [0.15, 0.2) is 48.5 Å². The van der Waals surface area contributed by atoms with Gasteiger partial charge in [-0.2, -0.15) is 11.8 Å². The fraction of sp³-hybridized carbons (Fsp3) is 0.400. The molecule has 140 valence electrons. The first-order valence-electron chi connectivity index (χ1n) is 8.74. The Hall–Kier alpha value is -1.57. The van der Waals surface area contributed by atoms with Crippen molar-refractivity contribution in [2.24, 2.45) is 0 Å². The molecule has 0 spiro atoms. The van der Waals surface area contributed by atoms with Crippen LogP contribution in [0, 0.1) is 0 Å². The highest BCUT2D eigenvalue weighted by molar-refractivity contribution is 7.99. The van der Waals surface area contributed by atoms with E-state index in [1.165, 1.54) is 0 Å². The average molecular weight is 375 g/mol. The fourth-order valence-electron chi connectivity index (χ4n) is 3.01. The molecule has 0 unspecified atom stereocenters. The summed E-state index contributed by atoms with van der Waals surface area (Å²) in [6.45, 7) is 0.194. The zero-order chi connectivity index (χ0) is 18.4. The molecule has 0 amide bonds. The maximum atomic E-state index is 9.23. The van der Waals surface area contributed by atoms with Crippen molar-refractivity contribution in [3.8, 4) is 0 Å². The Morgan fingerprint density at radius 2 is 1.85 bits per heavy atom. The number of aliphatic hydroxyl groups excluding tert-OH is 2. The lowest BCUT2D eigenvalue weighted by molar-refractivity contribution is -0.245. The number of anilines is 1. The largest absolute Gasteiger partial charge is 0.399 e. The predicted molar refractivity (Wildman–Crippen MR) is 104 cm³/mol. The van der Waals surface area contributed by atoms with E-state index < -0.39 is 6.29 Å². The van der Waals surface area contributed by atoms with E-state index in [4.69, 9.17) is 20.3 Å². The van der Waals surface area contributed by atoms with Gasteiger partial charge in [-0.1, -0.05) is 36.4 Å². The van der Waals surface area contributed by atoms with Gasteiger partial charge in [-0.05, 0) is 23.3 Å². The summed E-state index contributed by atoms with van der Waals surface area (Å²) in [4.78, 5) is 0. The molecule has 2 aromatic carbocycles. The van der Waals surface area contributed by atoms with E-state index in [0.717, 1.165) is 28.9 Å². The lowest BCUT2D eigenvalue weighted by atomic mass is 10.0. The molecule has 0 aliphatic carbocycles. The van der Waals surface area contributed by atoms with Crippen LogP contribution in [-0.2, 0) is 16.1 Å². The lowest BCUT2D eigenvalue weighted by Crippen LogP contribution is -2.31. The van der Waals surface area contributed by atoms with E-state index in [9.17, 15) is 5.11 Å². The molecule has 0 saturated carbocycles. The molecular weight excluding hydrogens is 350 g/mol. The van der Waals surface area contributed by atoms with Gasteiger partial charge in [0.05, 0.1) is 25.4 Å². The molecule has 6 heteroatoms. The SMILES string of the molecule is Nc1cccc([C@@H]2O[C@H](CSCCO)C[C@H](c3ccc(CO)cc3)O2)c1. The molecule has 2 aromatic rings. The summed E-state index contributed by atoms with van der Waals surface area (Å²) in [5.41, 5.74) is 9.43. The summed E-state index contributed by atoms with van der Waals surface area (Å²) in [6, 6.07) is 15.4. The maximum Gasteiger partial charge on any atom is 0.184 e. The molecule has 4 N–H and O–H groups in total. The highest BCUT2D eigenvalue weighted by Crippen LogP contribution is 2.39. The molecule has 1 saturated heterocycles. The molecule has 3 atom stereocenters. The van der Waals surface area contributed by atoms with Crippen molar-refractivity contribution in [3.63, 3.8) is 0 Å². The number of rotatable bonds is 7. The van der Waals surface area contributed by atoms with Crippen LogP contribution >= 0.6 is 11.8 Å². The first kappa shape index (κ1) is 19.2. The van der Waals surface area contributed by atoms with Crippen LogP contribution in [0.25, 0.3) is 0 Å². The number of hydrogen-bond acceptors (Lipinski definition) is 6. The Morgan fingerprint density at radius 1 is 1.04 bits per heavy atom. The zero-order valence-corrected chi connectivity index (χ0v) is 15.4. The molecule has 0 aromatic heterocycles. The second-order valence-electron chi connectivity index (χ2n) is 6.32. The first-order valence-corrected chi connectivity index (χ1v) is 9.89. The molecule has 1 aliphatic rings. The number of nitrogens with two attached hydrogens (primary N) is 1. The zero-order valence-electron chi connectivity index (χ0n) is 14.6. The van der Waals surface area contributed by atoms with Gasteiger partial charge in [0.2, 0.25) is 0 Å². The van der Waals surface area contributed by atoms with Crippen molar-refractivity contribution in [3.05, 3.63) is 65.2 Å². The number of benzene rings is 2. The van der Waals surface area contributed by atoms with E-state index in [1.54, 1.807) is 11.8 Å². The van der Waals surface area contributed by atoms with Crippen LogP contribution in [0.3, 0.4) is 0 Å². The first-order chi connectivity index (χ1) is 12.7. The summed E-state index contributed by atoms with van der Waals surface area (Å²) in [6.07, 6.45) is 0.196. The maximum absolute atomic E-state index is 9.23. The lowest BCUT2D eigenvalue weighted by Gasteiger charge is -2.36. The van der Waals surface area contributed by atoms with E-state index in [-0.39, 0.29) is 25.4 Å². The fourth-order valence-corrected chi connectivity index (χ4v) is 3.78. The molecule has 1 heterocycles. The standard InChI is InChI=1S/C20H25NO4S/c21-17-3-1-2-16(10-17)20-24-18(13-26-9-8-22)11-19(25-20)15-6-4-14(12-23)5-7-15/h1-7,10,18-20,22-23H,8-9,11-13,21H2/t18-,19+,20+/m0/s1. The average Bonchev–Trinajstić information content (AvgIpc) is 2.68. The van der Waals surface area contributed by atoms with Gasteiger partial charge >= 0.3 is 0 Å². The van der Waals surface area contributed by atoms with Gasteiger partial charge in [-0.3, -0.25) is 0 Å². The molecule has 0 radical (unpaired) electrons. The summed E-state index contributed by atoms with van der Waals surface area (Å²) in [7, 11) is 0. The van der Waals surface area contributed by atoms with Crippen LogP contribution in [0.5, 0.6) is 0 Å². The van der Waals surface area contributed by atoms with Gasteiger partial charge in [0, 0.05) is 29.2 Å². The van der Waals surface area contributed by atoms with E-state index in [0.29, 0.717) is 11.4 Å². The van der Waals surface area contributed by atoms with E-state index in [1.807, 2.05) is 48.5 Å². The highest BCUT2D eigenvalue weighted by Gasteiger charge is 2.32. The third kappa shape index (κ3) is 4.99. The monoisotopic (exact) mass is 375 g/mol. The van der Waals surface area contributed by atoms with Crippen LogP contribution < -0.4 is 5.73 Å². The molecule has 26 heavy (non-hydrogen) atoms. The minimum absolute atomic E-state index is 0.0225. The molecular formula is C20H25NO4S. The third-order valence-electron chi connectivity index (χ3n) is 4.34. The second-order valence-corrected chi connectivity index (χ2v) is 7.47. The van der Waals surface area contributed by atoms with E-state index >= 15 is 0 Å². The minimum Gasteiger partial charge on any atom is -0.399 e. The normalized spacial score (nSPS) is 23.1. The van der Waals surface area contributed by atoms with Crippen molar-refractivity contribution >= 4 is 17.4 Å². The van der Waals surface area contributed by atoms with Crippen LogP contribution in [0.4, 0.5) is 5.69 Å². The molecule has 3 rings (SSSR count). The van der Waals surface area contributed by atoms with Crippen molar-refractivity contribution in [2.45, 2.75) is 31.5 Å². The van der Waals surface area contributed by atoms with Crippen molar-refractivity contribution in [1.29, 1.82) is 0 Å². The highest BCUT2D eigenvalue weighted by atomic mass is 32.2. The second kappa shape index (κ2) is 9.39. The Bertz CT molecular complexity index is 694. The van der Waals surface area contributed by atoms with E-state index in [2.05, 4.69) is 0 Å². The topological polar surface area (TPSA) is 84.9 Å². The third-order valence-corrected chi connectivity index (χ3v) is 5.42. The van der Waals surface area contributed by atoms with Crippen LogP contribution in [-0.4, -0.2) is 34.4 Å². The van der Waals surface area contributed by atoms with Crippen LogP contribution in [0.1, 0.15) is 35.5 Å². The summed E-state index contributed by atoms with van der Waals surface area (Å²) in [5.74, 6) is 1.49. The number of thioether (sulfide) groups is 1. The van der Waals surface area contributed by atoms with Crippen LogP contribution in [0.2, 0.25) is 0 Å². The number of aliphatic hydroxyl groups is 2. The van der Waals surface area contributed by atoms with Crippen molar-refractivity contribution < 1.29 is 19.7 Å². The van der Waals surface area contributed by atoms with Gasteiger partial charge in [0.1, 0.15) is 0 Å². The Morgan fingerprint density at radius 3 is 2.54 bits per heavy atom.